The highest BCUT2D eigenvalue weighted by molar-refractivity contribution is 6.01. The standard InChI is InChI=1S/C18H19NO/c1-3-19(4-2)18(20)17-15-11-7-5-9-13(15)14-10-6-8-12-16(14)17/h5-12,20H,3-4H2,1-2H3. The summed E-state index contributed by atoms with van der Waals surface area (Å²) in [4.78, 5) is 1.99. The normalized spacial score (nSPS) is 12.0. The molecule has 0 radical (unpaired) electrons. The van der Waals surface area contributed by atoms with Crippen molar-refractivity contribution in [1.82, 2.24) is 4.90 Å². The number of hydrogen-bond donors (Lipinski definition) is 1. The molecule has 0 saturated carbocycles. The van der Waals surface area contributed by atoms with Crippen LogP contribution in [0.3, 0.4) is 0 Å². The highest BCUT2D eigenvalue weighted by atomic mass is 16.3. The van der Waals surface area contributed by atoms with Crippen molar-refractivity contribution in [2.24, 2.45) is 0 Å². The molecule has 0 unspecified atom stereocenters. The monoisotopic (exact) mass is 265 g/mol. The first-order chi connectivity index (χ1) is 9.77. The smallest absolute Gasteiger partial charge is 0.195 e. The lowest BCUT2D eigenvalue weighted by molar-refractivity contribution is 0.219. The van der Waals surface area contributed by atoms with Gasteiger partial charge in [-0.2, -0.15) is 0 Å². The summed E-state index contributed by atoms with van der Waals surface area (Å²) < 4.78 is 0. The average molecular weight is 265 g/mol. The van der Waals surface area contributed by atoms with Crippen molar-refractivity contribution in [3.05, 3.63) is 65.5 Å². The minimum Gasteiger partial charge on any atom is -0.494 e. The molecule has 2 aromatic carbocycles. The highest BCUT2D eigenvalue weighted by Gasteiger charge is 2.27. The topological polar surface area (TPSA) is 23.5 Å². The van der Waals surface area contributed by atoms with E-state index in [-0.39, 0.29) is 0 Å². The molecule has 0 saturated heterocycles. The molecular formula is C18H19NO. The Hall–Kier alpha value is -2.22. The molecule has 1 N–H and O–H groups in total. The van der Waals surface area contributed by atoms with Crippen LogP contribution in [0.1, 0.15) is 25.0 Å². The van der Waals surface area contributed by atoms with Gasteiger partial charge in [0.05, 0.1) is 5.57 Å². The Bertz CT molecular complexity index is 621. The van der Waals surface area contributed by atoms with E-state index in [2.05, 4.69) is 38.1 Å². The second-order valence-corrected chi connectivity index (χ2v) is 4.96. The van der Waals surface area contributed by atoms with Gasteiger partial charge in [-0.15, -0.1) is 0 Å². The summed E-state index contributed by atoms with van der Waals surface area (Å²) >= 11 is 0. The van der Waals surface area contributed by atoms with Gasteiger partial charge in [0.1, 0.15) is 0 Å². The molecule has 102 valence electrons. The number of aliphatic hydroxyl groups excluding tert-OH is 1. The van der Waals surface area contributed by atoms with E-state index in [1.807, 2.05) is 29.2 Å². The quantitative estimate of drug-likeness (QED) is 0.714. The van der Waals surface area contributed by atoms with Gasteiger partial charge < -0.3 is 10.0 Å². The summed E-state index contributed by atoms with van der Waals surface area (Å²) in [6.07, 6.45) is 0. The van der Waals surface area contributed by atoms with Crippen molar-refractivity contribution in [3.63, 3.8) is 0 Å². The predicted octanol–water partition coefficient (Wildman–Crippen LogP) is 4.28. The van der Waals surface area contributed by atoms with E-state index in [9.17, 15) is 5.11 Å². The van der Waals surface area contributed by atoms with Gasteiger partial charge in [-0.3, -0.25) is 0 Å². The molecule has 2 heteroatoms. The van der Waals surface area contributed by atoms with Crippen LogP contribution in [-0.4, -0.2) is 23.1 Å². The summed E-state index contributed by atoms with van der Waals surface area (Å²) in [5.41, 5.74) is 5.62. The Balaban J connectivity index is 2.29. The van der Waals surface area contributed by atoms with E-state index >= 15 is 0 Å². The lowest BCUT2D eigenvalue weighted by Crippen LogP contribution is -2.23. The molecule has 0 aromatic heterocycles. The Kier molecular flexibility index (Phi) is 3.23. The van der Waals surface area contributed by atoms with Gasteiger partial charge in [-0.05, 0) is 36.1 Å². The van der Waals surface area contributed by atoms with Crippen LogP contribution in [-0.2, 0) is 0 Å². The van der Waals surface area contributed by atoms with Crippen molar-refractivity contribution < 1.29 is 5.11 Å². The molecule has 20 heavy (non-hydrogen) atoms. The molecule has 0 bridgehead atoms. The average Bonchev–Trinajstić information content (AvgIpc) is 2.83. The van der Waals surface area contributed by atoms with Crippen LogP contribution >= 0.6 is 0 Å². The molecule has 0 aliphatic heterocycles. The van der Waals surface area contributed by atoms with Crippen LogP contribution < -0.4 is 0 Å². The fraction of sp³-hybridized carbons (Fsp3) is 0.222. The van der Waals surface area contributed by atoms with E-state index in [0.29, 0.717) is 5.88 Å². The zero-order valence-electron chi connectivity index (χ0n) is 11.9. The third-order valence-electron chi connectivity index (χ3n) is 3.97. The maximum absolute atomic E-state index is 10.7. The predicted molar refractivity (Wildman–Crippen MR) is 83.4 cm³/mol. The van der Waals surface area contributed by atoms with E-state index in [4.69, 9.17) is 0 Å². The van der Waals surface area contributed by atoms with Gasteiger partial charge in [0.25, 0.3) is 0 Å². The van der Waals surface area contributed by atoms with Crippen molar-refractivity contribution >= 4 is 5.57 Å². The van der Waals surface area contributed by atoms with E-state index in [1.165, 1.54) is 11.1 Å². The molecule has 0 fully saturated rings. The van der Waals surface area contributed by atoms with Crippen LogP contribution in [0.25, 0.3) is 16.7 Å². The van der Waals surface area contributed by atoms with E-state index in [1.54, 1.807) is 0 Å². The zero-order valence-corrected chi connectivity index (χ0v) is 11.9. The van der Waals surface area contributed by atoms with Gasteiger partial charge in [-0.25, -0.2) is 0 Å². The van der Waals surface area contributed by atoms with Gasteiger partial charge in [0.15, 0.2) is 5.88 Å². The third-order valence-corrected chi connectivity index (χ3v) is 3.97. The van der Waals surface area contributed by atoms with Crippen LogP contribution in [0.4, 0.5) is 0 Å². The van der Waals surface area contributed by atoms with Crippen molar-refractivity contribution in [1.29, 1.82) is 0 Å². The molecule has 0 heterocycles. The van der Waals surface area contributed by atoms with Gasteiger partial charge in [-0.1, -0.05) is 48.5 Å². The third kappa shape index (κ3) is 1.80. The minimum atomic E-state index is 0.382. The first-order valence-corrected chi connectivity index (χ1v) is 7.15. The zero-order chi connectivity index (χ0) is 14.1. The van der Waals surface area contributed by atoms with Crippen molar-refractivity contribution in [3.8, 4) is 11.1 Å². The fourth-order valence-corrected chi connectivity index (χ4v) is 2.94. The van der Waals surface area contributed by atoms with Gasteiger partial charge in [0.2, 0.25) is 0 Å². The maximum atomic E-state index is 10.7. The minimum absolute atomic E-state index is 0.382. The van der Waals surface area contributed by atoms with E-state index in [0.717, 1.165) is 29.8 Å². The van der Waals surface area contributed by atoms with Crippen molar-refractivity contribution in [2.45, 2.75) is 13.8 Å². The van der Waals surface area contributed by atoms with Crippen LogP contribution in [0.2, 0.25) is 0 Å². The van der Waals surface area contributed by atoms with Crippen LogP contribution in [0, 0.1) is 0 Å². The molecular weight excluding hydrogens is 246 g/mol. The molecule has 0 atom stereocenters. The first-order valence-electron chi connectivity index (χ1n) is 7.15. The summed E-state index contributed by atoms with van der Waals surface area (Å²) in [5.74, 6) is 0.382. The summed E-state index contributed by atoms with van der Waals surface area (Å²) in [6.45, 7) is 5.73. The van der Waals surface area contributed by atoms with Crippen molar-refractivity contribution in [2.75, 3.05) is 13.1 Å². The number of fused-ring (bicyclic) bond motifs is 3. The number of aliphatic hydroxyl groups is 1. The number of nitrogens with zero attached hydrogens (tertiary/aromatic N) is 1. The van der Waals surface area contributed by atoms with Crippen LogP contribution in [0.15, 0.2) is 54.4 Å². The SMILES string of the molecule is CCN(CC)C(O)=C1c2ccccc2-c2ccccc21. The fourth-order valence-electron chi connectivity index (χ4n) is 2.94. The van der Waals surface area contributed by atoms with E-state index < -0.39 is 0 Å². The molecule has 0 amide bonds. The summed E-state index contributed by atoms with van der Waals surface area (Å²) in [5, 5.41) is 10.7. The number of benzene rings is 2. The van der Waals surface area contributed by atoms with Gasteiger partial charge >= 0.3 is 0 Å². The van der Waals surface area contributed by atoms with Gasteiger partial charge in [0, 0.05) is 13.1 Å². The summed E-state index contributed by atoms with van der Waals surface area (Å²) in [6, 6.07) is 16.6. The maximum Gasteiger partial charge on any atom is 0.195 e. The Morgan fingerprint density at radius 2 is 1.20 bits per heavy atom. The Labute approximate surface area is 120 Å². The largest absolute Gasteiger partial charge is 0.494 e. The molecule has 1 aliphatic carbocycles. The molecule has 1 aliphatic rings. The van der Waals surface area contributed by atoms with Crippen LogP contribution in [0.5, 0.6) is 0 Å². The second kappa shape index (κ2) is 5.04. The Morgan fingerprint density at radius 1 is 0.800 bits per heavy atom. The lowest BCUT2D eigenvalue weighted by atomic mass is 10.0. The molecule has 3 rings (SSSR count). The second-order valence-electron chi connectivity index (χ2n) is 4.96. The first kappa shape index (κ1) is 12.8. The Morgan fingerprint density at radius 3 is 1.60 bits per heavy atom. The lowest BCUT2D eigenvalue weighted by Gasteiger charge is -2.22. The molecule has 2 nitrogen and oxygen atoms in total. The summed E-state index contributed by atoms with van der Waals surface area (Å²) in [7, 11) is 0. The number of hydrogen-bond acceptors (Lipinski definition) is 2. The highest BCUT2D eigenvalue weighted by Crippen LogP contribution is 2.45. The molecule has 0 spiro atoms. The number of rotatable bonds is 3. The molecule has 2 aromatic rings.